The van der Waals surface area contributed by atoms with Gasteiger partial charge in [-0.25, -0.2) is 0 Å². The van der Waals surface area contributed by atoms with Crippen molar-refractivity contribution < 1.29 is 5.11 Å². The van der Waals surface area contributed by atoms with Crippen molar-refractivity contribution in [2.24, 2.45) is 0 Å². The lowest BCUT2D eigenvalue weighted by Crippen LogP contribution is -1.99. The van der Waals surface area contributed by atoms with Crippen LogP contribution >= 0.6 is 0 Å². The Morgan fingerprint density at radius 2 is 1.70 bits per heavy atom. The summed E-state index contributed by atoms with van der Waals surface area (Å²) in [4.78, 5) is 0. The zero-order chi connectivity index (χ0) is 14.1. The Hall–Kier alpha value is -2.68. The highest BCUT2D eigenvalue weighted by Gasteiger charge is 2.12. The second-order valence-corrected chi connectivity index (χ2v) is 4.81. The van der Waals surface area contributed by atoms with E-state index in [4.69, 9.17) is 5.73 Å². The summed E-state index contributed by atoms with van der Waals surface area (Å²) >= 11 is 0. The van der Waals surface area contributed by atoms with Crippen LogP contribution in [0.4, 0.5) is 5.69 Å². The number of nitrogen functional groups attached to an aromatic ring is 1. The number of aryl methyl sites for hydroxylation is 1. The zero-order valence-electron chi connectivity index (χ0n) is 11.2. The van der Waals surface area contributed by atoms with Gasteiger partial charge in [-0.3, -0.25) is 0 Å². The van der Waals surface area contributed by atoms with Gasteiger partial charge in [0.2, 0.25) is 0 Å². The van der Waals surface area contributed by atoms with E-state index in [2.05, 4.69) is 4.57 Å². The maximum atomic E-state index is 10.1. The molecule has 1 aromatic heterocycles. The first-order valence-electron chi connectivity index (χ1n) is 6.49. The van der Waals surface area contributed by atoms with E-state index in [-0.39, 0.29) is 5.75 Å². The Bertz CT molecular complexity index is 745. The van der Waals surface area contributed by atoms with Gasteiger partial charge in [-0.05, 0) is 49.4 Å². The third-order valence-corrected chi connectivity index (χ3v) is 3.39. The molecule has 20 heavy (non-hydrogen) atoms. The van der Waals surface area contributed by atoms with Crippen LogP contribution in [0.2, 0.25) is 0 Å². The van der Waals surface area contributed by atoms with E-state index < -0.39 is 0 Å². The minimum Gasteiger partial charge on any atom is -0.507 e. The fraction of sp³-hybridized carbons (Fsp3) is 0.0588. The molecule has 3 N–H and O–H groups in total. The lowest BCUT2D eigenvalue weighted by molar-refractivity contribution is 0.477. The predicted octanol–water partition coefficient (Wildman–Crippen LogP) is 3.74. The Kier molecular flexibility index (Phi) is 2.95. The smallest absolute Gasteiger partial charge is 0.125 e. The molecule has 0 fully saturated rings. The minimum absolute atomic E-state index is 0.231. The molecule has 0 aliphatic carbocycles. The molecule has 0 aliphatic rings. The highest BCUT2D eigenvalue weighted by molar-refractivity contribution is 5.73. The molecule has 0 unspecified atom stereocenters. The summed E-state index contributed by atoms with van der Waals surface area (Å²) < 4.78 is 2.11. The molecule has 0 spiro atoms. The van der Waals surface area contributed by atoms with Crippen LogP contribution in [0.1, 0.15) is 5.69 Å². The van der Waals surface area contributed by atoms with E-state index in [1.165, 1.54) is 0 Å². The zero-order valence-corrected chi connectivity index (χ0v) is 11.2. The van der Waals surface area contributed by atoms with Crippen molar-refractivity contribution in [1.29, 1.82) is 0 Å². The first-order chi connectivity index (χ1) is 9.66. The molecule has 3 rings (SSSR count). The summed E-state index contributed by atoms with van der Waals surface area (Å²) in [7, 11) is 0. The lowest BCUT2D eigenvalue weighted by Gasteiger charge is -2.13. The Labute approximate surface area is 117 Å². The number of phenols is 1. The van der Waals surface area contributed by atoms with E-state index in [9.17, 15) is 5.11 Å². The predicted molar refractivity (Wildman–Crippen MR) is 82.0 cm³/mol. The molecule has 3 nitrogen and oxygen atoms in total. The van der Waals surface area contributed by atoms with Gasteiger partial charge in [0.25, 0.3) is 0 Å². The molecular formula is C17H16N2O. The molecule has 0 atom stereocenters. The van der Waals surface area contributed by atoms with E-state index in [1.807, 2.05) is 49.4 Å². The SMILES string of the molecule is Cc1ccc(-c2cc(N)ccc2O)n1-c1ccccc1. The van der Waals surface area contributed by atoms with Gasteiger partial charge in [-0.1, -0.05) is 18.2 Å². The Morgan fingerprint density at radius 1 is 0.950 bits per heavy atom. The van der Waals surface area contributed by atoms with Crippen molar-refractivity contribution in [3.05, 3.63) is 66.4 Å². The molecule has 2 aromatic carbocycles. The molecule has 0 radical (unpaired) electrons. The summed E-state index contributed by atoms with van der Waals surface area (Å²) in [5.41, 5.74) is 10.3. The van der Waals surface area contributed by atoms with Gasteiger partial charge in [0.15, 0.2) is 0 Å². The van der Waals surface area contributed by atoms with Crippen molar-refractivity contribution in [3.8, 4) is 22.7 Å². The van der Waals surface area contributed by atoms with Gasteiger partial charge in [-0.2, -0.15) is 0 Å². The van der Waals surface area contributed by atoms with E-state index in [1.54, 1.807) is 18.2 Å². The second kappa shape index (κ2) is 4.78. The number of benzene rings is 2. The molecule has 100 valence electrons. The summed E-state index contributed by atoms with van der Waals surface area (Å²) in [6.45, 7) is 2.04. The molecule has 0 saturated heterocycles. The molecule has 0 aliphatic heterocycles. The Morgan fingerprint density at radius 3 is 2.45 bits per heavy atom. The number of nitrogens with zero attached hydrogens (tertiary/aromatic N) is 1. The van der Waals surface area contributed by atoms with E-state index in [0.29, 0.717) is 5.69 Å². The van der Waals surface area contributed by atoms with Crippen LogP contribution in [0.15, 0.2) is 60.7 Å². The van der Waals surface area contributed by atoms with Crippen molar-refractivity contribution in [2.45, 2.75) is 6.92 Å². The number of rotatable bonds is 2. The molecule has 3 heteroatoms. The van der Waals surface area contributed by atoms with Crippen molar-refractivity contribution in [2.75, 3.05) is 5.73 Å². The van der Waals surface area contributed by atoms with Gasteiger partial charge < -0.3 is 15.4 Å². The highest BCUT2D eigenvalue weighted by atomic mass is 16.3. The molecule has 0 bridgehead atoms. The van der Waals surface area contributed by atoms with Crippen molar-refractivity contribution in [3.63, 3.8) is 0 Å². The maximum absolute atomic E-state index is 10.1. The second-order valence-electron chi connectivity index (χ2n) is 4.81. The number of anilines is 1. The number of hydrogen-bond acceptors (Lipinski definition) is 2. The highest BCUT2D eigenvalue weighted by Crippen LogP contribution is 2.33. The quantitative estimate of drug-likeness (QED) is 0.547. The first-order valence-corrected chi connectivity index (χ1v) is 6.49. The third-order valence-electron chi connectivity index (χ3n) is 3.39. The molecule has 0 amide bonds. The maximum Gasteiger partial charge on any atom is 0.125 e. The molecule has 0 saturated carbocycles. The number of phenolic OH excluding ortho intramolecular Hbond substituents is 1. The van der Waals surface area contributed by atoms with Crippen molar-refractivity contribution in [1.82, 2.24) is 4.57 Å². The van der Waals surface area contributed by atoms with Crippen LogP contribution < -0.4 is 5.73 Å². The van der Waals surface area contributed by atoms with Crippen LogP contribution in [0.3, 0.4) is 0 Å². The van der Waals surface area contributed by atoms with Gasteiger partial charge in [-0.15, -0.1) is 0 Å². The average molecular weight is 264 g/mol. The summed E-state index contributed by atoms with van der Waals surface area (Å²) in [5, 5.41) is 10.1. The van der Waals surface area contributed by atoms with Gasteiger partial charge in [0, 0.05) is 22.6 Å². The number of para-hydroxylation sites is 1. The van der Waals surface area contributed by atoms with Crippen LogP contribution in [0.25, 0.3) is 16.9 Å². The van der Waals surface area contributed by atoms with Crippen LogP contribution in [-0.4, -0.2) is 9.67 Å². The third kappa shape index (κ3) is 2.03. The van der Waals surface area contributed by atoms with Gasteiger partial charge in [0.1, 0.15) is 5.75 Å². The van der Waals surface area contributed by atoms with Crippen LogP contribution in [-0.2, 0) is 0 Å². The minimum atomic E-state index is 0.231. The van der Waals surface area contributed by atoms with Crippen LogP contribution in [0, 0.1) is 6.92 Å². The first kappa shape index (κ1) is 12.4. The largest absolute Gasteiger partial charge is 0.507 e. The van der Waals surface area contributed by atoms with E-state index >= 15 is 0 Å². The average Bonchev–Trinajstić information content (AvgIpc) is 2.84. The summed E-state index contributed by atoms with van der Waals surface area (Å²) in [6, 6.07) is 19.2. The number of aromatic hydroxyl groups is 1. The lowest BCUT2D eigenvalue weighted by atomic mass is 10.1. The van der Waals surface area contributed by atoms with Crippen LogP contribution in [0.5, 0.6) is 5.75 Å². The monoisotopic (exact) mass is 264 g/mol. The Balaban J connectivity index is 2.24. The normalized spacial score (nSPS) is 10.7. The standard InChI is InChI=1S/C17H16N2O/c1-12-7-9-16(15-11-13(18)8-10-17(15)20)19(12)14-5-3-2-4-6-14/h2-11,20H,18H2,1H3. The van der Waals surface area contributed by atoms with E-state index in [0.717, 1.165) is 22.6 Å². The number of aromatic nitrogens is 1. The molecular weight excluding hydrogens is 248 g/mol. The topological polar surface area (TPSA) is 51.2 Å². The fourth-order valence-corrected chi connectivity index (χ4v) is 2.43. The number of hydrogen-bond donors (Lipinski definition) is 2. The summed E-state index contributed by atoms with van der Waals surface area (Å²) in [5.74, 6) is 0.231. The molecule has 3 aromatic rings. The number of nitrogens with two attached hydrogens (primary N) is 1. The summed E-state index contributed by atoms with van der Waals surface area (Å²) in [6.07, 6.45) is 0. The molecule has 1 heterocycles. The van der Waals surface area contributed by atoms with Crippen molar-refractivity contribution >= 4 is 5.69 Å². The fourth-order valence-electron chi connectivity index (χ4n) is 2.43. The van der Waals surface area contributed by atoms with Gasteiger partial charge in [0.05, 0.1) is 5.69 Å². The van der Waals surface area contributed by atoms with Gasteiger partial charge >= 0.3 is 0 Å².